The minimum absolute atomic E-state index is 0.0275. The van der Waals surface area contributed by atoms with Crippen molar-refractivity contribution in [3.63, 3.8) is 0 Å². The summed E-state index contributed by atoms with van der Waals surface area (Å²) >= 11 is 0. The Morgan fingerprint density at radius 3 is 2.18 bits per heavy atom. The number of nitrogens with zero attached hydrogens (tertiary/aromatic N) is 1. The molecule has 0 aromatic heterocycles. The van der Waals surface area contributed by atoms with Crippen molar-refractivity contribution < 1.29 is 32.6 Å². The van der Waals surface area contributed by atoms with Gasteiger partial charge in [-0.1, -0.05) is 12.1 Å². The third-order valence-corrected chi connectivity index (χ3v) is 8.38. The van der Waals surface area contributed by atoms with Crippen molar-refractivity contribution in [3.05, 3.63) is 59.7 Å². The Labute approximate surface area is 220 Å². The van der Waals surface area contributed by atoms with E-state index in [9.17, 15) is 27.9 Å². The van der Waals surface area contributed by atoms with E-state index >= 15 is 0 Å². The monoisotopic (exact) mass is 530 g/mol. The molecule has 1 aliphatic heterocycles. The second-order valence-electron chi connectivity index (χ2n) is 11.1. The molecule has 2 aliphatic carbocycles. The van der Waals surface area contributed by atoms with Crippen LogP contribution in [-0.4, -0.2) is 53.7 Å². The molecule has 0 atom stereocenters. The van der Waals surface area contributed by atoms with E-state index in [4.69, 9.17) is 4.74 Å². The molecule has 2 aromatic carbocycles. The van der Waals surface area contributed by atoms with E-state index in [2.05, 4.69) is 5.32 Å². The number of rotatable bonds is 8. The predicted molar refractivity (Wildman–Crippen MR) is 135 cm³/mol. The number of ether oxygens (including phenoxy) is 1. The van der Waals surface area contributed by atoms with Gasteiger partial charge in [0.05, 0.1) is 12.0 Å². The second-order valence-corrected chi connectivity index (χ2v) is 11.1. The Bertz CT molecular complexity index is 1140. The average Bonchev–Trinajstić information content (AvgIpc) is 3.68. The van der Waals surface area contributed by atoms with Gasteiger partial charge in [-0.3, -0.25) is 9.59 Å². The minimum Gasteiger partial charge on any atom is -0.508 e. The summed E-state index contributed by atoms with van der Waals surface area (Å²) < 4.78 is 42.1. The van der Waals surface area contributed by atoms with Gasteiger partial charge in [-0.05, 0) is 92.3 Å². The van der Waals surface area contributed by atoms with Crippen molar-refractivity contribution in [2.75, 3.05) is 19.7 Å². The molecule has 3 aliphatic rings. The molecule has 1 saturated heterocycles. The quantitative estimate of drug-likeness (QED) is 0.452. The van der Waals surface area contributed by atoms with Crippen LogP contribution in [0, 0.1) is 5.41 Å². The van der Waals surface area contributed by atoms with Crippen LogP contribution in [0.5, 0.6) is 11.5 Å². The molecule has 0 bridgehead atoms. The van der Waals surface area contributed by atoms with Gasteiger partial charge >= 0.3 is 6.18 Å². The van der Waals surface area contributed by atoms with Crippen molar-refractivity contribution in [2.24, 2.45) is 5.41 Å². The number of nitrogens with one attached hydrogen (secondary N) is 1. The van der Waals surface area contributed by atoms with Gasteiger partial charge in [0.1, 0.15) is 11.5 Å². The maximum Gasteiger partial charge on any atom is 0.389 e. The topological polar surface area (TPSA) is 78.9 Å². The van der Waals surface area contributed by atoms with E-state index in [1.807, 2.05) is 17.0 Å². The maximum atomic E-state index is 13.0. The molecule has 2 amide bonds. The number of benzene rings is 2. The van der Waals surface area contributed by atoms with Crippen LogP contribution in [0.1, 0.15) is 67.3 Å². The van der Waals surface area contributed by atoms with Crippen molar-refractivity contribution in [2.45, 2.75) is 69.0 Å². The van der Waals surface area contributed by atoms with Gasteiger partial charge in [-0.25, -0.2) is 0 Å². The number of likely N-dealkylation sites (tertiary alicyclic amines) is 1. The summed E-state index contributed by atoms with van der Waals surface area (Å²) in [4.78, 5) is 27.9. The Hall–Kier alpha value is -3.23. The summed E-state index contributed by atoms with van der Waals surface area (Å²) in [6, 6.07) is 13.6. The van der Waals surface area contributed by atoms with Gasteiger partial charge in [0.15, 0.2) is 0 Å². The molecule has 204 valence electrons. The number of hydrogen-bond acceptors (Lipinski definition) is 4. The Kier molecular flexibility index (Phi) is 7.05. The van der Waals surface area contributed by atoms with Crippen molar-refractivity contribution in [1.29, 1.82) is 0 Å². The van der Waals surface area contributed by atoms with E-state index in [0.29, 0.717) is 24.4 Å². The van der Waals surface area contributed by atoms with Crippen molar-refractivity contribution >= 4 is 11.8 Å². The highest BCUT2D eigenvalue weighted by molar-refractivity contribution is 5.94. The number of amides is 2. The van der Waals surface area contributed by atoms with E-state index < -0.39 is 18.0 Å². The molecule has 1 spiro atoms. The van der Waals surface area contributed by atoms with Gasteiger partial charge in [0, 0.05) is 31.1 Å². The molecule has 2 saturated carbocycles. The summed E-state index contributed by atoms with van der Waals surface area (Å²) in [6.07, 6.45) is 0.114. The zero-order valence-corrected chi connectivity index (χ0v) is 21.2. The number of hydrogen-bond donors (Lipinski definition) is 2. The first kappa shape index (κ1) is 26.4. The maximum absolute atomic E-state index is 13.0. The molecular formula is C29H33F3N2O4. The Morgan fingerprint density at radius 1 is 0.974 bits per heavy atom. The Balaban J connectivity index is 1.05. The van der Waals surface area contributed by atoms with Crippen LogP contribution in [0.3, 0.4) is 0 Å². The molecule has 5 rings (SSSR count). The minimum atomic E-state index is -4.19. The summed E-state index contributed by atoms with van der Waals surface area (Å²) in [6.45, 7) is 1.29. The highest BCUT2D eigenvalue weighted by Crippen LogP contribution is 2.52. The number of alkyl halides is 3. The van der Waals surface area contributed by atoms with Gasteiger partial charge < -0.3 is 20.1 Å². The molecule has 2 aromatic rings. The third-order valence-electron chi connectivity index (χ3n) is 8.38. The summed E-state index contributed by atoms with van der Waals surface area (Å²) in [5, 5.41) is 12.8. The summed E-state index contributed by atoms with van der Waals surface area (Å²) in [5.41, 5.74) is 1.19. The normalized spacial score (nSPS) is 20.0. The zero-order valence-electron chi connectivity index (χ0n) is 21.2. The molecule has 1 heterocycles. The number of piperidine rings is 1. The van der Waals surface area contributed by atoms with Gasteiger partial charge in [-0.2, -0.15) is 13.2 Å². The van der Waals surface area contributed by atoms with Crippen LogP contribution in [-0.2, 0) is 10.2 Å². The average molecular weight is 531 g/mol. The van der Waals surface area contributed by atoms with Gasteiger partial charge in [0.2, 0.25) is 5.91 Å². The van der Waals surface area contributed by atoms with Crippen molar-refractivity contribution in [3.8, 4) is 11.5 Å². The largest absolute Gasteiger partial charge is 0.508 e. The zero-order chi connectivity index (χ0) is 27.0. The lowest BCUT2D eigenvalue weighted by Crippen LogP contribution is -2.56. The lowest BCUT2D eigenvalue weighted by molar-refractivity contribution is -0.136. The van der Waals surface area contributed by atoms with Gasteiger partial charge in [0.25, 0.3) is 5.91 Å². The summed E-state index contributed by atoms with van der Waals surface area (Å²) in [5.74, 6) is 0.656. The molecule has 0 unspecified atom stereocenters. The van der Waals surface area contributed by atoms with Crippen LogP contribution >= 0.6 is 0 Å². The number of phenols is 1. The predicted octanol–water partition coefficient (Wildman–Crippen LogP) is 5.35. The molecule has 6 nitrogen and oxygen atoms in total. The Morgan fingerprint density at radius 2 is 1.61 bits per heavy atom. The van der Waals surface area contributed by atoms with E-state index in [0.717, 1.165) is 44.1 Å². The highest BCUT2D eigenvalue weighted by Gasteiger charge is 2.54. The van der Waals surface area contributed by atoms with Gasteiger partial charge in [-0.15, -0.1) is 0 Å². The number of aromatic hydroxyl groups is 1. The third kappa shape index (κ3) is 5.76. The fourth-order valence-electron chi connectivity index (χ4n) is 5.89. The number of phenolic OH excluding ortho intramolecular Hbond substituents is 1. The number of carbonyl (C=O) groups excluding carboxylic acids is 2. The van der Waals surface area contributed by atoms with Crippen LogP contribution in [0.25, 0.3) is 0 Å². The van der Waals surface area contributed by atoms with Crippen molar-refractivity contribution in [1.82, 2.24) is 10.2 Å². The highest BCUT2D eigenvalue weighted by atomic mass is 19.4. The van der Waals surface area contributed by atoms with Crippen LogP contribution in [0.2, 0.25) is 0 Å². The van der Waals surface area contributed by atoms with Crippen LogP contribution < -0.4 is 10.1 Å². The standard InChI is InChI=1S/C29H33F3N2O4/c30-29(31,32)10-1-17-38-24-8-2-20(3-9-24)25(36)34-15-13-27(14-16-34)18-22(19-27)33-26(37)28(11-12-28)21-4-6-23(35)7-5-21/h2-9,22,35H,1,10-19H2,(H,33,37). The first-order valence-electron chi connectivity index (χ1n) is 13.3. The lowest BCUT2D eigenvalue weighted by Gasteiger charge is -2.52. The lowest BCUT2D eigenvalue weighted by atomic mass is 9.60. The summed E-state index contributed by atoms with van der Waals surface area (Å²) in [7, 11) is 0. The fourth-order valence-corrected chi connectivity index (χ4v) is 5.89. The van der Waals surface area contributed by atoms with E-state index in [-0.39, 0.29) is 42.0 Å². The van der Waals surface area contributed by atoms with E-state index in [1.165, 1.54) is 0 Å². The smallest absolute Gasteiger partial charge is 0.389 e. The molecule has 3 fully saturated rings. The molecule has 2 N–H and O–H groups in total. The molecular weight excluding hydrogens is 497 g/mol. The molecule has 0 radical (unpaired) electrons. The number of carbonyl (C=O) groups is 2. The van der Waals surface area contributed by atoms with Crippen LogP contribution in [0.15, 0.2) is 48.5 Å². The van der Waals surface area contributed by atoms with E-state index in [1.54, 1.807) is 36.4 Å². The molecule has 38 heavy (non-hydrogen) atoms. The first-order chi connectivity index (χ1) is 18.1. The molecule has 9 heteroatoms. The second kappa shape index (κ2) is 10.2. The van der Waals surface area contributed by atoms with Crippen LogP contribution in [0.4, 0.5) is 13.2 Å². The first-order valence-corrected chi connectivity index (χ1v) is 13.3. The SMILES string of the molecule is O=C(c1ccc(OCCCC(F)(F)F)cc1)N1CCC2(CC1)CC(NC(=O)C1(c3ccc(O)cc3)CC1)C2. The fraction of sp³-hybridized carbons (Fsp3) is 0.517. The number of halogens is 3.